The van der Waals surface area contributed by atoms with Gasteiger partial charge in [-0.2, -0.15) is 0 Å². The fraction of sp³-hybridized carbons (Fsp3) is 0.200. The minimum atomic E-state index is -3.81. The Kier molecular flexibility index (Phi) is 5.90. The van der Waals surface area contributed by atoms with E-state index in [4.69, 9.17) is 0 Å². The molecule has 0 spiro atoms. The van der Waals surface area contributed by atoms with Crippen LogP contribution in [0, 0.1) is 20.8 Å². The highest BCUT2D eigenvalue weighted by molar-refractivity contribution is 7.92. The summed E-state index contributed by atoms with van der Waals surface area (Å²) in [5, 5.41) is 8.53. The Balaban J connectivity index is 1.86. The van der Waals surface area contributed by atoms with E-state index >= 15 is 0 Å². The van der Waals surface area contributed by atoms with Crippen molar-refractivity contribution in [2.75, 3.05) is 15.4 Å². The molecule has 0 fully saturated rings. The average Bonchev–Trinajstić information content (AvgIpc) is 2.98. The Morgan fingerprint density at radius 2 is 1.66 bits per heavy atom. The molecule has 1 heterocycles. The monoisotopic (exact) mass is 430 g/mol. The molecule has 0 saturated heterocycles. The van der Waals surface area contributed by atoms with E-state index in [0.29, 0.717) is 22.5 Å². The zero-order valence-electron chi connectivity index (χ0n) is 16.5. The molecule has 1 aromatic heterocycles. The van der Waals surface area contributed by atoms with Gasteiger partial charge in [0.1, 0.15) is 0 Å². The zero-order chi connectivity index (χ0) is 21.2. The Labute approximate surface area is 174 Å². The van der Waals surface area contributed by atoms with Crippen molar-refractivity contribution in [1.82, 2.24) is 4.98 Å². The Bertz CT molecular complexity index is 1150. The van der Waals surface area contributed by atoms with E-state index in [-0.39, 0.29) is 10.8 Å². The molecule has 3 aromatic rings. The van der Waals surface area contributed by atoms with Crippen molar-refractivity contribution in [2.45, 2.75) is 32.6 Å². The lowest BCUT2D eigenvalue weighted by Crippen LogP contribution is -2.16. The van der Waals surface area contributed by atoms with Crippen LogP contribution >= 0.6 is 11.3 Å². The molecule has 9 heteroatoms. The number of carbonyl (C=O) groups is 1. The van der Waals surface area contributed by atoms with Crippen molar-refractivity contribution in [3.8, 4) is 0 Å². The van der Waals surface area contributed by atoms with Crippen LogP contribution in [-0.2, 0) is 14.8 Å². The summed E-state index contributed by atoms with van der Waals surface area (Å²) in [7, 11) is -3.81. The number of amides is 1. The van der Waals surface area contributed by atoms with Crippen LogP contribution in [-0.4, -0.2) is 19.3 Å². The number of nitrogens with one attached hydrogen (secondary N) is 3. The van der Waals surface area contributed by atoms with Crippen molar-refractivity contribution in [1.29, 1.82) is 0 Å². The third-order valence-electron chi connectivity index (χ3n) is 4.03. The summed E-state index contributed by atoms with van der Waals surface area (Å²) in [5.74, 6) is -0.211. The maximum atomic E-state index is 13.0. The topological polar surface area (TPSA) is 100 Å². The van der Waals surface area contributed by atoms with Gasteiger partial charge in [0.05, 0.1) is 16.3 Å². The molecule has 0 bridgehead atoms. The molecule has 0 aliphatic carbocycles. The van der Waals surface area contributed by atoms with E-state index in [1.54, 1.807) is 44.2 Å². The van der Waals surface area contributed by atoms with E-state index in [0.717, 1.165) is 16.5 Å². The number of benzene rings is 2. The average molecular weight is 431 g/mol. The summed E-state index contributed by atoms with van der Waals surface area (Å²) in [4.78, 5) is 15.8. The van der Waals surface area contributed by atoms with Crippen molar-refractivity contribution in [3.63, 3.8) is 0 Å². The molecule has 0 saturated carbocycles. The number of aromatic nitrogens is 1. The number of nitrogens with zero attached hydrogens (tertiary/aromatic N) is 1. The highest BCUT2D eigenvalue weighted by Gasteiger charge is 2.21. The van der Waals surface area contributed by atoms with Crippen LogP contribution in [0.1, 0.15) is 23.7 Å². The maximum absolute atomic E-state index is 13.0. The third-order valence-corrected chi connectivity index (χ3v) is 6.60. The van der Waals surface area contributed by atoms with Gasteiger partial charge in [-0.3, -0.25) is 9.52 Å². The molecule has 0 atom stereocenters. The Morgan fingerprint density at radius 1 is 1.00 bits per heavy atom. The summed E-state index contributed by atoms with van der Waals surface area (Å²) in [6.07, 6.45) is 0. The first-order valence-corrected chi connectivity index (χ1v) is 11.2. The molecule has 152 valence electrons. The maximum Gasteiger partial charge on any atom is 0.262 e. The number of anilines is 4. The lowest BCUT2D eigenvalue weighted by atomic mass is 10.1. The van der Waals surface area contributed by atoms with Gasteiger partial charge in [-0.1, -0.05) is 6.07 Å². The molecule has 0 aliphatic heterocycles. The summed E-state index contributed by atoms with van der Waals surface area (Å²) >= 11 is 1.48. The van der Waals surface area contributed by atoms with E-state index in [1.165, 1.54) is 18.3 Å². The minimum absolute atomic E-state index is 0.195. The van der Waals surface area contributed by atoms with Crippen LogP contribution in [0.15, 0.2) is 46.7 Å². The van der Waals surface area contributed by atoms with Crippen LogP contribution in [0.25, 0.3) is 0 Å². The normalized spacial score (nSPS) is 11.2. The third kappa shape index (κ3) is 5.12. The van der Waals surface area contributed by atoms with Gasteiger partial charge < -0.3 is 10.6 Å². The van der Waals surface area contributed by atoms with Gasteiger partial charge in [-0.05, 0) is 62.2 Å². The number of aryl methyl sites for hydroxylation is 3. The first kappa shape index (κ1) is 20.8. The van der Waals surface area contributed by atoms with Crippen LogP contribution in [0.4, 0.5) is 22.2 Å². The number of hydrogen-bond donors (Lipinski definition) is 3. The van der Waals surface area contributed by atoms with Gasteiger partial charge in [0, 0.05) is 23.7 Å². The van der Waals surface area contributed by atoms with E-state index in [1.807, 2.05) is 18.4 Å². The minimum Gasteiger partial charge on any atom is -0.331 e. The van der Waals surface area contributed by atoms with E-state index < -0.39 is 10.0 Å². The van der Waals surface area contributed by atoms with Gasteiger partial charge >= 0.3 is 0 Å². The molecule has 0 radical (unpaired) electrons. The summed E-state index contributed by atoms with van der Waals surface area (Å²) in [5.41, 5.74) is 3.75. The smallest absolute Gasteiger partial charge is 0.262 e. The molecule has 29 heavy (non-hydrogen) atoms. The lowest BCUT2D eigenvalue weighted by Gasteiger charge is -2.15. The molecule has 1 amide bonds. The second-order valence-corrected chi connectivity index (χ2v) is 9.20. The predicted molar refractivity (Wildman–Crippen MR) is 118 cm³/mol. The molecule has 0 aliphatic rings. The summed E-state index contributed by atoms with van der Waals surface area (Å²) in [6.45, 7) is 6.73. The molecule has 2 aromatic carbocycles. The van der Waals surface area contributed by atoms with Crippen LogP contribution in [0.5, 0.6) is 0 Å². The van der Waals surface area contributed by atoms with Crippen LogP contribution in [0.3, 0.4) is 0 Å². The number of sulfonamides is 1. The largest absolute Gasteiger partial charge is 0.331 e. The predicted octanol–water partition coefficient (Wildman–Crippen LogP) is 4.57. The number of rotatable bonds is 6. The van der Waals surface area contributed by atoms with Gasteiger partial charge in [-0.15, -0.1) is 11.3 Å². The molecular weight excluding hydrogens is 408 g/mol. The fourth-order valence-electron chi connectivity index (χ4n) is 3.05. The first-order valence-electron chi connectivity index (χ1n) is 8.85. The number of carbonyl (C=O) groups excluding carboxylic acids is 1. The van der Waals surface area contributed by atoms with E-state index in [2.05, 4.69) is 20.3 Å². The van der Waals surface area contributed by atoms with Gasteiger partial charge in [-0.25, -0.2) is 13.4 Å². The SMILES string of the molecule is CC(=O)Nc1cc(C)c(S(=O)(=O)Nc2cccc(Nc3nc(C)cs3)c2)c(C)c1. The summed E-state index contributed by atoms with van der Waals surface area (Å²) < 4.78 is 28.7. The van der Waals surface area contributed by atoms with Gasteiger partial charge in [0.25, 0.3) is 10.0 Å². The van der Waals surface area contributed by atoms with Crippen LogP contribution in [0.2, 0.25) is 0 Å². The van der Waals surface area contributed by atoms with E-state index in [9.17, 15) is 13.2 Å². The van der Waals surface area contributed by atoms with Crippen molar-refractivity contribution in [3.05, 3.63) is 58.6 Å². The fourth-order valence-corrected chi connectivity index (χ4v) is 5.26. The summed E-state index contributed by atoms with van der Waals surface area (Å²) in [6, 6.07) is 10.3. The van der Waals surface area contributed by atoms with Crippen LogP contribution < -0.4 is 15.4 Å². The number of thiazole rings is 1. The first-order chi connectivity index (χ1) is 13.6. The Hall–Kier alpha value is -2.91. The van der Waals surface area contributed by atoms with Crippen molar-refractivity contribution in [2.24, 2.45) is 0 Å². The molecule has 3 rings (SSSR count). The second-order valence-electron chi connectivity index (χ2n) is 6.73. The molecular formula is C20H22N4O3S2. The van der Waals surface area contributed by atoms with Gasteiger partial charge in [0.2, 0.25) is 5.91 Å². The van der Waals surface area contributed by atoms with Crippen molar-refractivity contribution >= 4 is 49.5 Å². The van der Waals surface area contributed by atoms with Crippen molar-refractivity contribution < 1.29 is 13.2 Å². The highest BCUT2D eigenvalue weighted by atomic mass is 32.2. The lowest BCUT2D eigenvalue weighted by molar-refractivity contribution is -0.114. The van der Waals surface area contributed by atoms with Gasteiger partial charge in [0.15, 0.2) is 5.13 Å². The molecule has 3 N–H and O–H groups in total. The number of hydrogen-bond acceptors (Lipinski definition) is 6. The molecule has 0 unspecified atom stereocenters. The highest BCUT2D eigenvalue weighted by Crippen LogP contribution is 2.28. The zero-order valence-corrected chi connectivity index (χ0v) is 18.2. The molecule has 7 nitrogen and oxygen atoms in total. The standard InChI is InChI=1S/C20H22N4O3S2/c1-12-8-18(22-15(4)25)9-13(2)19(12)29(26,27)24-17-7-5-6-16(10-17)23-20-21-14(3)11-28-20/h5-11,24H,1-4H3,(H,21,23)(H,22,25). The second kappa shape index (κ2) is 8.22. The quantitative estimate of drug-likeness (QED) is 0.532. The Morgan fingerprint density at radius 3 is 2.24 bits per heavy atom.